The molecular weight excluding hydrogens is 412 g/mol. The number of carbonyl (C=O) groups is 2. The van der Waals surface area contributed by atoms with E-state index in [0.29, 0.717) is 23.4 Å². The van der Waals surface area contributed by atoms with Crippen molar-refractivity contribution in [2.75, 3.05) is 16.8 Å². The van der Waals surface area contributed by atoms with E-state index >= 15 is 0 Å². The minimum Gasteiger partial charge on any atom is -0.494 e. The number of imide groups is 1. The van der Waals surface area contributed by atoms with Crippen molar-refractivity contribution in [3.63, 3.8) is 0 Å². The Balaban J connectivity index is 1.78. The highest BCUT2D eigenvalue weighted by Gasteiger charge is 2.40. The molecule has 33 heavy (non-hydrogen) atoms. The molecule has 0 aromatic heterocycles. The predicted octanol–water partition coefficient (Wildman–Crippen LogP) is 5.80. The van der Waals surface area contributed by atoms with Crippen LogP contribution in [0.1, 0.15) is 35.6 Å². The van der Waals surface area contributed by atoms with Gasteiger partial charge in [-0.25, -0.2) is 4.90 Å². The number of anilines is 2. The Kier molecular flexibility index (Phi) is 6.31. The summed E-state index contributed by atoms with van der Waals surface area (Å²) >= 11 is 0. The Morgan fingerprint density at radius 2 is 1.48 bits per heavy atom. The maximum Gasteiger partial charge on any atom is 0.282 e. The number of nitrogens with one attached hydrogen (secondary N) is 1. The molecule has 4 rings (SSSR count). The van der Waals surface area contributed by atoms with Gasteiger partial charge in [-0.3, -0.25) is 9.59 Å². The Hall–Kier alpha value is -3.86. The second-order valence-corrected chi connectivity index (χ2v) is 8.35. The number of nitrogens with zero attached hydrogens (tertiary/aromatic N) is 1. The third-order valence-corrected chi connectivity index (χ3v) is 5.64. The highest BCUT2D eigenvalue weighted by molar-refractivity contribution is 6.46. The van der Waals surface area contributed by atoms with E-state index in [1.165, 1.54) is 4.90 Å². The predicted molar refractivity (Wildman–Crippen MR) is 132 cm³/mol. The number of rotatable bonds is 7. The number of benzene rings is 3. The minimum atomic E-state index is -0.369. The number of hydrogen-bond donors (Lipinski definition) is 1. The van der Waals surface area contributed by atoms with Crippen LogP contribution in [0, 0.1) is 20.8 Å². The van der Waals surface area contributed by atoms with Gasteiger partial charge >= 0.3 is 0 Å². The Morgan fingerprint density at radius 3 is 2.15 bits per heavy atom. The topological polar surface area (TPSA) is 58.6 Å². The molecule has 0 unspecified atom stereocenters. The quantitative estimate of drug-likeness (QED) is 0.472. The first-order valence-corrected chi connectivity index (χ1v) is 11.2. The van der Waals surface area contributed by atoms with Gasteiger partial charge in [0.05, 0.1) is 17.9 Å². The number of carbonyl (C=O) groups excluding carboxylic acids is 2. The first-order valence-electron chi connectivity index (χ1n) is 11.2. The van der Waals surface area contributed by atoms with Crippen LogP contribution in [0.5, 0.6) is 5.75 Å². The summed E-state index contributed by atoms with van der Waals surface area (Å²) in [6.07, 6.45) is 0.912. The number of hydrogen-bond acceptors (Lipinski definition) is 4. The summed E-state index contributed by atoms with van der Waals surface area (Å²) in [7, 11) is 0. The average molecular weight is 441 g/mol. The summed E-state index contributed by atoms with van der Waals surface area (Å²) in [5.74, 6) is 0.0161. The van der Waals surface area contributed by atoms with Gasteiger partial charge < -0.3 is 10.1 Å². The standard InChI is InChI=1S/C28H28N2O3/c1-5-16-33-23-14-10-21(11-15-23)25-26(29-24-17-19(3)6-9-20(24)4)28(32)30(27(25)31)22-12-7-18(2)8-13-22/h6-15,17,29H,5,16H2,1-4H3. The SMILES string of the molecule is CCCOc1ccc(C2=C(Nc3cc(C)ccc3C)C(=O)N(c3ccc(C)cc3)C2=O)cc1. The zero-order chi connectivity index (χ0) is 23.5. The van der Waals surface area contributed by atoms with Crippen LogP contribution < -0.4 is 15.0 Å². The molecule has 5 heteroatoms. The first kappa shape index (κ1) is 22.3. The van der Waals surface area contributed by atoms with Crippen LogP contribution in [-0.2, 0) is 9.59 Å². The van der Waals surface area contributed by atoms with Crippen LogP contribution in [-0.4, -0.2) is 18.4 Å². The van der Waals surface area contributed by atoms with Gasteiger partial charge in [-0.05, 0) is 74.2 Å². The lowest BCUT2D eigenvalue weighted by molar-refractivity contribution is -0.120. The molecule has 0 atom stereocenters. The molecule has 3 aromatic rings. The van der Waals surface area contributed by atoms with Crippen molar-refractivity contribution in [1.82, 2.24) is 0 Å². The highest BCUT2D eigenvalue weighted by Crippen LogP contribution is 2.35. The molecule has 5 nitrogen and oxygen atoms in total. The Morgan fingerprint density at radius 1 is 0.818 bits per heavy atom. The molecule has 1 aliphatic rings. The number of amides is 2. The smallest absolute Gasteiger partial charge is 0.282 e. The average Bonchev–Trinajstić information content (AvgIpc) is 3.05. The first-order chi connectivity index (χ1) is 15.9. The fourth-order valence-corrected chi connectivity index (χ4v) is 3.78. The molecular formula is C28H28N2O3. The molecule has 0 saturated heterocycles. The van der Waals surface area contributed by atoms with E-state index in [0.717, 1.165) is 34.5 Å². The normalized spacial score (nSPS) is 13.6. The summed E-state index contributed by atoms with van der Waals surface area (Å²) in [5, 5.41) is 3.28. The van der Waals surface area contributed by atoms with E-state index in [-0.39, 0.29) is 17.5 Å². The van der Waals surface area contributed by atoms with Gasteiger partial charge in [-0.1, -0.05) is 48.9 Å². The molecule has 1 aliphatic heterocycles. The van der Waals surface area contributed by atoms with E-state index in [1.54, 1.807) is 12.1 Å². The molecule has 0 saturated carbocycles. The summed E-state index contributed by atoms with van der Waals surface area (Å²) in [6, 6.07) is 20.7. The molecule has 0 spiro atoms. The number of aryl methyl sites for hydroxylation is 3. The van der Waals surface area contributed by atoms with Crippen LogP contribution in [0.3, 0.4) is 0 Å². The van der Waals surface area contributed by atoms with Crippen LogP contribution in [0.15, 0.2) is 72.4 Å². The van der Waals surface area contributed by atoms with Crippen molar-refractivity contribution in [3.05, 3.63) is 94.7 Å². The number of ether oxygens (including phenoxy) is 1. The van der Waals surface area contributed by atoms with Crippen molar-refractivity contribution >= 4 is 28.8 Å². The molecule has 1 heterocycles. The van der Waals surface area contributed by atoms with E-state index in [9.17, 15) is 9.59 Å². The lowest BCUT2D eigenvalue weighted by Crippen LogP contribution is -2.32. The van der Waals surface area contributed by atoms with E-state index in [2.05, 4.69) is 5.32 Å². The minimum absolute atomic E-state index is 0.275. The summed E-state index contributed by atoms with van der Waals surface area (Å²) in [4.78, 5) is 28.4. The molecule has 0 fully saturated rings. The van der Waals surface area contributed by atoms with Gasteiger partial charge in [0.15, 0.2) is 0 Å². The second-order valence-electron chi connectivity index (χ2n) is 8.35. The molecule has 1 N–H and O–H groups in total. The van der Waals surface area contributed by atoms with Gasteiger partial charge in [-0.15, -0.1) is 0 Å². The molecule has 2 amide bonds. The van der Waals surface area contributed by atoms with Crippen molar-refractivity contribution in [2.24, 2.45) is 0 Å². The van der Waals surface area contributed by atoms with Crippen LogP contribution in [0.4, 0.5) is 11.4 Å². The summed E-state index contributed by atoms with van der Waals surface area (Å²) in [6.45, 7) is 8.61. The van der Waals surface area contributed by atoms with Gasteiger partial charge in [-0.2, -0.15) is 0 Å². The highest BCUT2D eigenvalue weighted by atomic mass is 16.5. The lowest BCUT2D eigenvalue weighted by atomic mass is 10.0. The maximum absolute atomic E-state index is 13.6. The Labute approximate surface area is 194 Å². The summed E-state index contributed by atoms with van der Waals surface area (Å²) < 4.78 is 5.68. The zero-order valence-corrected chi connectivity index (χ0v) is 19.4. The third kappa shape index (κ3) is 4.53. The molecule has 0 bridgehead atoms. The fraction of sp³-hybridized carbons (Fsp3) is 0.214. The summed E-state index contributed by atoms with van der Waals surface area (Å²) in [5.41, 5.74) is 5.76. The second kappa shape index (κ2) is 9.33. The molecule has 168 valence electrons. The van der Waals surface area contributed by atoms with Crippen molar-refractivity contribution in [3.8, 4) is 5.75 Å². The largest absolute Gasteiger partial charge is 0.494 e. The van der Waals surface area contributed by atoms with Crippen molar-refractivity contribution < 1.29 is 14.3 Å². The van der Waals surface area contributed by atoms with E-state index in [1.807, 2.05) is 82.3 Å². The maximum atomic E-state index is 13.6. The van der Waals surface area contributed by atoms with E-state index < -0.39 is 0 Å². The van der Waals surface area contributed by atoms with Crippen LogP contribution in [0.25, 0.3) is 5.57 Å². The molecule has 3 aromatic carbocycles. The monoisotopic (exact) mass is 440 g/mol. The van der Waals surface area contributed by atoms with Gasteiger partial charge in [0.2, 0.25) is 0 Å². The third-order valence-electron chi connectivity index (χ3n) is 5.64. The molecule has 0 radical (unpaired) electrons. The van der Waals surface area contributed by atoms with Crippen molar-refractivity contribution in [2.45, 2.75) is 34.1 Å². The lowest BCUT2D eigenvalue weighted by Gasteiger charge is -2.16. The van der Waals surface area contributed by atoms with E-state index in [4.69, 9.17) is 4.74 Å². The Bertz CT molecular complexity index is 1230. The van der Waals surface area contributed by atoms with Gasteiger partial charge in [0.1, 0.15) is 11.4 Å². The van der Waals surface area contributed by atoms with Crippen LogP contribution in [0.2, 0.25) is 0 Å². The van der Waals surface area contributed by atoms with Crippen LogP contribution >= 0.6 is 0 Å². The van der Waals surface area contributed by atoms with Crippen molar-refractivity contribution in [1.29, 1.82) is 0 Å². The van der Waals surface area contributed by atoms with Gasteiger partial charge in [0, 0.05) is 5.69 Å². The zero-order valence-electron chi connectivity index (χ0n) is 19.4. The molecule has 0 aliphatic carbocycles. The van der Waals surface area contributed by atoms with Gasteiger partial charge in [0.25, 0.3) is 11.8 Å². The fourth-order valence-electron chi connectivity index (χ4n) is 3.78.